The highest BCUT2D eigenvalue weighted by Crippen LogP contribution is 2.18. The first kappa shape index (κ1) is 73.3. The number of hydrogen-bond acceptors (Lipinski definition) is 5. The molecule has 0 aromatic heterocycles. The van der Waals surface area contributed by atoms with E-state index in [1.54, 1.807) is 6.08 Å². The molecule has 75 heavy (non-hydrogen) atoms. The Morgan fingerprint density at radius 3 is 0.947 bits per heavy atom. The zero-order chi connectivity index (χ0) is 54.3. The fourth-order valence-electron chi connectivity index (χ4n) is 10.7. The number of carbonyl (C=O) groups excluding carboxylic acids is 2. The summed E-state index contributed by atoms with van der Waals surface area (Å²) in [5.74, 6) is -0.0509. The summed E-state index contributed by atoms with van der Waals surface area (Å²) >= 11 is 0. The third-order valence-corrected chi connectivity index (χ3v) is 16.0. The molecule has 0 saturated heterocycles. The molecule has 2 unspecified atom stereocenters. The van der Waals surface area contributed by atoms with Crippen LogP contribution in [0.5, 0.6) is 0 Å². The number of carbonyl (C=O) groups is 2. The molecule has 0 aromatic carbocycles. The normalized spacial score (nSPS) is 12.6. The van der Waals surface area contributed by atoms with Gasteiger partial charge in [-0.15, -0.1) is 0 Å². The second-order valence-corrected chi connectivity index (χ2v) is 23.5. The van der Waals surface area contributed by atoms with Crippen LogP contribution in [0, 0.1) is 0 Å². The molecule has 0 radical (unpaired) electrons. The molecule has 0 fully saturated rings. The number of aliphatic hydroxyl groups is 2. The number of hydrogen-bond donors (Lipinski definition) is 3. The van der Waals surface area contributed by atoms with Crippen LogP contribution < -0.4 is 5.32 Å². The summed E-state index contributed by atoms with van der Waals surface area (Å²) in [5.41, 5.74) is 0. The molecule has 0 rings (SSSR count). The Labute approximate surface area is 469 Å². The van der Waals surface area contributed by atoms with Crippen molar-refractivity contribution in [2.45, 2.75) is 392 Å². The van der Waals surface area contributed by atoms with Crippen molar-refractivity contribution in [3.8, 4) is 0 Å². The zero-order valence-corrected chi connectivity index (χ0v) is 50.8. The minimum atomic E-state index is -0.846. The molecule has 0 spiro atoms. The minimum Gasteiger partial charge on any atom is -0.466 e. The van der Waals surface area contributed by atoms with Crippen LogP contribution in [0.15, 0.2) is 24.3 Å². The maximum Gasteiger partial charge on any atom is 0.305 e. The van der Waals surface area contributed by atoms with Crippen LogP contribution in [0.4, 0.5) is 0 Å². The fourth-order valence-corrected chi connectivity index (χ4v) is 10.7. The molecular formula is C69H133NO5. The van der Waals surface area contributed by atoms with Gasteiger partial charge in [-0.05, 0) is 57.8 Å². The van der Waals surface area contributed by atoms with E-state index in [1.807, 2.05) is 6.08 Å². The lowest BCUT2D eigenvalue weighted by molar-refractivity contribution is -0.143. The summed E-state index contributed by atoms with van der Waals surface area (Å²) in [6.07, 6.45) is 81.0. The molecule has 3 N–H and O–H groups in total. The highest BCUT2D eigenvalue weighted by atomic mass is 16.5. The van der Waals surface area contributed by atoms with Gasteiger partial charge in [-0.3, -0.25) is 9.59 Å². The second-order valence-electron chi connectivity index (χ2n) is 23.5. The highest BCUT2D eigenvalue weighted by Gasteiger charge is 2.18. The van der Waals surface area contributed by atoms with E-state index in [9.17, 15) is 19.8 Å². The SMILES string of the molecule is CCCCCCCCCCCCCC/C=C/C(O)C(CO)NC(=O)CCCCCCCCCCC/C=C\CCCCCCCCCCCCCCOC(=O)CCCCCCCCCCCCCCCCCCCCC. The van der Waals surface area contributed by atoms with Gasteiger partial charge in [-0.1, -0.05) is 334 Å². The van der Waals surface area contributed by atoms with Gasteiger partial charge in [0.15, 0.2) is 0 Å². The van der Waals surface area contributed by atoms with Crippen LogP contribution in [-0.2, 0) is 14.3 Å². The molecule has 444 valence electrons. The van der Waals surface area contributed by atoms with Gasteiger partial charge in [0.2, 0.25) is 5.91 Å². The van der Waals surface area contributed by atoms with Crippen molar-refractivity contribution >= 4 is 11.9 Å². The molecule has 1 amide bonds. The van der Waals surface area contributed by atoms with Gasteiger partial charge in [0.25, 0.3) is 0 Å². The molecule has 2 atom stereocenters. The van der Waals surface area contributed by atoms with E-state index in [0.29, 0.717) is 19.4 Å². The molecule has 0 saturated carbocycles. The van der Waals surface area contributed by atoms with E-state index < -0.39 is 12.1 Å². The van der Waals surface area contributed by atoms with Gasteiger partial charge in [0, 0.05) is 12.8 Å². The number of aliphatic hydroxyl groups excluding tert-OH is 2. The molecule has 0 aliphatic carbocycles. The Morgan fingerprint density at radius 2 is 0.627 bits per heavy atom. The lowest BCUT2D eigenvalue weighted by Crippen LogP contribution is -2.45. The monoisotopic (exact) mass is 1060 g/mol. The van der Waals surface area contributed by atoms with Gasteiger partial charge in [0.1, 0.15) is 0 Å². The number of rotatable bonds is 64. The van der Waals surface area contributed by atoms with Gasteiger partial charge in [-0.2, -0.15) is 0 Å². The molecular weight excluding hydrogens is 923 g/mol. The van der Waals surface area contributed by atoms with E-state index in [-0.39, 0.29) is 18.5 Å². The quantitative estimate of drug-likeness (QED) is 0.0320. The third-order valence-electron chi connectivity index (χ3n) is 16.0. The maximum absolute atomic E-state index is 12.5. The molecule has 0 aliphatic heterocycles. The Kier molecular flexibility index (Phi) is 63.4. The van der Waals surface area contributed by atoms with E-state index in [0.717, 1.165) is 38.5 Å². The fraction of sp³-hybridized carbons (Fsp3) is 0.913. The standard InChI is InChI=1S/C69H133NO5/c1-3-5-7-9-11-13-15-17-19-20-28-32-35-39-43-47-51-55-59-63-69(74)75-64-60-56-52-48-44-40-36-33-30-27-25-23-21-22-24-26-29-31-34-38-42-46-50-54-58-62-68(73)70-66(65-71)67(72)61-57-53-49-45-41-37-18-16-14-12-10-8-6-4-2/h22,24,57,61,66-67,71-72H,3-21,23,25-56,58-60,62-65H2,1-2H3,(H,70,73)/b24-22-,61-57+. The molecule has 0 aromatic rings. The van der Waals surface area contributed by atoms with Gasteiger partial charge in [0.05, 0.1) is 25.4 Å². The summed E-state index contributed by atoms with van der Waals surface area (Å²) in [6, 6.07) is -0.629. The van der Waals surface area contributed by atoms with Crippen LogP contribution in [0.25, 0.3) is 0 Å². The summed E-state index contributed by atoms with van der Waals surface area (Å²) in [4.78, 5) is 24.6. The number of nitrogens with one attached hydrogen (secondary N) is 1. The Bertz CT molecular complexity index is 1170. The van der Waals surface area contributed by atoms with Crippen molar-refractivity contribution < 1.29 is 24.5 Å². The van der Waals surface area contributed by atoms with Gasteiger partial charge in [-0.25, -0.2) is 0 Å². The van der Waals surface area contributed by atoms with Crippen molar-refractivity contribution in [1.29, 1.82) is 0 Å². The average Bonchev–Trinajstić information content (AvgIpc) is 3.41. The smallest absolute Gasteiger partial charge is 0.305 e. The second kappa shape index (κ2) is 64.9. The van der Waals surface area contributed by atoms with E-state index >= 15 is 0 Å². The van der Waals surface area contributed by atoms with E-state index in [2.05, 4.69) is 31.3 Å². The maximum atomic E-state index is 12.5. The average molecular weight is 1060 g/mol. The van der Waals surface area contributed by atoms with E-state index in [1.165, 1.54) is 315 Å². The van der Waals surface area contributed by atoms with Crippen LogP contribution in [0.3, 0.4) is 0 Å². The summed E-state index contributed by atoms with van der Waals surface area (Å²) < 4.78 is 5.51. The number of amides is 1. The Balaban J connectivity index is 3.38. The number of ether oxygens (including phenoxy) is 1. The predicted molar refractivity (Wildman–Crippen MR) is 329 cm³/mol. The largest absolute Gasteiger partial charge is 0.466 e. The molecule has 6 heteroatoms. The number of allylic oxidation sites excluding steroid dienone is 3. The number of unbranched alkanes of at least 4 members (excludes halogenated alkanes) is 51. The van der Waals surface area contributed by atoms with Crippen molar-refractivity contribution in [2.24, 2.45) is 0 Å². The first-order valence-corrected chi connectivity index (χ1v) is 34.1. The van der Waals surface area contributed by atoms with E-state index in [4.69, 9.17) is 4.74 Å². The molecule has 6 nitrogen and oxygen atoms in total. The number of esters is 1. The van der Waals surface area contributed by atoms with Crippen LogP contribution in [-0.4, -0.2) is 47.4 Å². The minimum absolute atomic E-state index is 0.0184. The molecule has 0 bridgehead atoms. The van der Waals surface area contributed by atoms with Crippen molar-refractivity contribution in [2.75, 3.05) is 13.2 Å². The van der Waals surface area contributed by atoms with Crippen molar-refractivity contribution in [1.82, 2.24) is 5.32 Å². The molecule has 0 aliphatic rings. The van der Waals surface area contributed by atoms with Crippen LogP contribution in [0.1, 0.15) is 380 Å². The summed E-state index contributed by atoms with van der Waals surface area (Å²) in [5, 5.41) is 23.1. The van der Waals surface area contributed by atoms with Crippen molar-refractivity contribution in [3.63, 3.8) is 0 Å². The Hall–Kier alpha value is -1.66. The highest BCUT2D eigenvalue weighted by molar-refractivity contribution is 5.76. The third kappa shape index (κ3) is 61.4. The first-order chi connectivity index (χ1) is 37.0. The topological polar surface area (TPSA) is 95.9 Å². The zero-order valence-electron chi connectivity index (χ0n) is 50.8. The van der Waals surface area contributed by atoms with Crippen molar-refractivity contribution in [3.05, 3.63) is 24.3 Å². The summed E-state index contributed by atoms with van der Waals surface area (Å²) in [6.45, 7) is 4.93. The van der Waals surface area contributed by atoms with Gasteiger partial charge < -0.3 is 20.3 Å². The Morgan fingerprint density at radius 1 is 0.360 bits per heavy atom. The molecule has 0 heterocycles. The van der Waals surface area contributed by atoms with Crippen LogP contribution in [0.2, 0.25) is 0 Å². The summed E-state index contributed by atoms with van der Waals surface area (Å²) in [7, 11) is 0. The lowest BCUT2D eigenvalue weighted by atomic mass is 10.0. The van der Waals surface area contributed by atoms with Crippen LogP contribution >= 0.6 is 0 Å². The van der Waals surface area contributed by atoms with Gasteiger partial charge >= 0.3 is 5.97 Å². The predicted octanol–water partition coefficient (Wildman–Crippen LogP) is 21.8. The first-order valence-electron chi connectivity index (χ1n) is 34.1. The lowest BCUT2D eigenvalue weighted by Gasteiger charge is -2.20.